The molecule has 3 aromatic rings. The van der Waals surface area contributed by atoms with Crippen molar-refractivity contribution in [1.29, 1.82) is 0 Å². The van der Waals surface area contributed by atoms with Crippen LogP contribution in [0.15, 0.2) is 40.8 Å². The summed E-state index contributed by atoms with van der Waals surface area (Å²) in [7, 11) is 1.72. The Morgan fingerprint density at radius 2 is 2.00 bits per heavy atom. The first-order valence-corrected chi connectivity index (χ1v) is 7.66. The zero-order chi connectivity index (χ0) is 17.1. The van der Waals surface area contributed by atoms with Crippen LogP contribution < -0.4 is 0 Å². The van der Waals surface area contributed by atoms with E-state index in [1.165, 1.54) is 4.80 Å². The molecule has 7 heteroatoms. The van der Waals surface area contributed by atoms with Gasteiger partial charge in [-0.1, -0.05) is 24.3 Å². The third-order valence-corrected chi connectivity index (χ3v) is 3.73. The summed E-state index contributed by atoms with van der Waals surface area (Å²) in [4.78, 5) is 15.2. The van der Waals surface area contributed by atoms with Gasteiger partial charge in [-0.05, 0) is 36.8 Å². The lowest BCUT2D eigenvalue weighted by Crippen LogP contribution is -2.30. The third-order valence-electron chi connectivity index (χ3n) is 3.73. The monoisotopic (exact) mass is 325 g/mol. The van der Waals surface area contributed by atoms with E-state index in [0.717, 1.165) is 22.6 Å². The summed E-state index contributed by atoms with van der Waals surface area (Å²) in [6, 6.07) is 11.5. The summed E-state index contributed by atoms with van der Waals surface area (Å²) in [5.41, 5.74) is 1.98. The van der Waals surface area contributed by atoms with Gasteiger partial charge in [0, 0.05) is 12.6 Å². The molecule has 0 aliphatic heterocycles. The van der Waals surface area contributed by atoms with E-state index in [9.17, 15) is 4.79 Å². The highest BCUT2D eigenvalue weighted by atomic mass is 16.3. The smallest absolute Gasteiger partial charge is 0.246 e. The molecule has 0 radical (unpaired) electrons. The van der Waals surface area contributed by atoms with E-state index in [4.69, 9.17) is 4.42 Å². The minimum Gasteiger partial charge on any atom is -0.464 e. The van der Waals surface area contributed by atoms with Crippen LogP contribution in [-0.2, 0) is 17.9 Å². The number of aryl methyl sites for hydroxylation is 2. The number of nitrogens with zero attached hydrogens (tertiary/aromatic N) is 5. The average molecular weight is 325 g/mol. The summed E-state index contributed by atoms with van der Waals surface area (Å²) in [6.07, 6.45) is 0. The van der Waals surface area contributed by atoms with Crippen LogP contribution in [0.25, 0.3) is 11.4 Å². The average Bonchev–Trinajstić information content (AvgIpc) is 3.17. The fraction of sp³-hybridized carbons (Fsp3) is 0.294. The van der Waals surface area contributed by atoms with Gasteiger partial charge in [0.05, 0.1) is 6.54 Å². The fourth-order valence-electron chi connectivity index (χ4n) is 2.38. The van der Waals surface area contributed by atoms with Crippen LogP contribution in [0, 0.1) is 13.8 Å². The molecular weight excluding hydrogens is 306 g/mol. The first-order valence-electron chi connectivity index (χ1n) is 7.66. The number of carbonyl (C=O) groups is 1. The Labute approximate surface area is 139 Å². The molecule has 0 saturated carbocycles. The van der Waals surface area contributed by atoms with Crippen molar-refractivity contribution in [2.45, 2.75) is 26.9 Å². The maximum absolute atomic E-state index is 12.3. The minimum atomic E-state index is -0.113. The maximum Gasteiger partial charge on any atom is 0.246 e. The van der Waals surface area contributed by atoms with Crippen molar-refractivity contribution < 1.29 is 9.21 Å². The molecule has 2 aromatic heterocycles. The van der Waals surface area contributed by atoms with Gasteiger partial charge in [0.25, 0.3) is 0 Å². The van der Waals surface area contributed by atoms with Gasteiger partial charge in [0.1, 0.15) is 18.1 Å². The lowest BCUT2D eigenvalue weighted by molar-refractivity contribution is -0.131. The van der Waals surface area contributed by atoms with Gasteiger partial charge in [-0.2, -0.15) is 4.80 Å². The number of benzene rings is 1. The Bertz CT molecular complexity index is 852. The van der Waals surface area contributed by atoms with Crippen molar-refractivity contribution in [3.05, 3.63) is 53.5 Å². The van der Waals surface area contributed by atoms with Gasteiger partial charge in [-0.25, -0.2) is 0 Å². The number of amides is 1. The Morgan fingerprint density at radius 3 is 2.71 bits per heavy atom. The molecule has 124 valence electrons. The number of hydrogen-bond acceptors (Lipinski definition) is 5. The summed E-state index contributed by atoms with van der Waals surface area (Å²) in [5.74, 6) is 1.98. The van der Waals surface area contributed by atoms with Crippen molar-refractivity contribution in [1.82, 2.24) is 25.1 Å². The number of furan rings is 1. The molecule has 2 heterocycles. The molecule has 0 spiro atoms. The lowest BCUT2D eigenvalue weighted by atomic mass is 10.1. The fourth-order valence-corrected chi connectivity index (χ4v) is 2.38. The number of hydrogen-bond donors (Lipinski definition) is 0. The molecule has 24 heavy (non-hydrogen) atoms. The van der Waals surface area contributed by atoms with Crippen LogP contribution in [0.5, 0.6) is 0 Å². The van der Waals surface area contributed by atoms with E-state index in [-0.39, 0.29) is 12.5 Å². The van der Waals surface area contributed by atoms with Crippen molar-refractivity contribution in [3.63, 3.8) is 0 Å². The van der Waals surface area contributed by atoms with Crippen molar-refractivity contribution in [3.8, 4) is 11.4 Å². The number of aromatic nitrogens is 4. The van der Waals surface area contributed by atoms with Crippen LogP contribution >= 0.6 is 0 Å². The normalized spacial score (nSPS) is 10.8. The summed E-state index contributed by atoms with van der Waals surface area (Å²) >= 11 is 0. The third kappa shape index (κ3) is 3.51. The molecule has 1 aromatic carbocycles. The molecule has 3 rings (SSSR count). The van der Waals surface area contributed by atoms with Gasteiger partial charge in [0.15, 0.2) is 0 Å². The summed E-state index contributed by atoms with van der Waals surface area (Å²) in [6.45, 7) is 4.30. The van der Waals surface area contributed by atoms with Gasteiger partial charge in [0.2, 0.25) is 11.7 Å². The zero-order valence-corrected chi connectivity index (χ0v) is 13.9. The number of tetrazole rings is 1. The van der Waals surface area contributed by atoms with E-state index in [2.05, 4.69) is 15.4 Å². The molecule has 0 fully saturated rings. The van der Waals surface area contributed by atoms with Gasteiger partial charge >= 0.3 is 0 Å². The second kappa shape index (κ2) is 6.66. The first kappa shape index (κ1) is 15.9. The van der Waals surface area contributed by atoms with Gasteiger partial charge in [-0.15, -0.1) is 10.2 Å². The number of carbonyl (C=O) groups excluding carboxylic acids is 1. The largest absolute Gasteiger partial charge is 0.464 e. The van der Waals surface area contributed by atoms with Crippen molar-refractivity contribution >= 4 is 5.91 Å². The van der Waals surface area contributed by atoms with Crippen LogP contribution in [0.1, 0.15) is 17.1 Å². The van der Waals surface area contributed by atoms with Crippen LogP contribution in [-0.4, -0.2) is 38.1 Å². The maximum atomic E-state index is 12.3. The SMILES string of the molecule is Cc1ccc(CN(C)C(=O)Cn2nnc(-c3ccccc3C)n2)o1. The van der Waals surface area contributed by atoms with E-state index in [0.29, 0.717) is 12.4 Å². The molecule has 0 aliphatic carbocycles. The molecule has 0 aliphatic rings. The molecule has 0 unspecified atom stereocenters. The molecule has 0 bridgehead atoms. The van der Waals surface area contributed by atoms with Crippen LogP contribution in [0.2, 0.25) is 0 Å². The molecule has 0 saturated heterocycles. The van der Waals surface area contributed by atoms with Gasteiger partial charge in [-0.3, -0.25) is 4.79 Å². The highest BCUT2D eigenvalue weighted by Crippen LogP contribution is 2.17. The van der Waals surface area contributed by atoms with Crippen LogP contribution in [0.3, 0.4) is 0 Å². The first-order chi connectivity index (χ1) is 11.5. The molecular formula is C17H19N5O2. The lowest BCUT2D eigenvalue weighted by Gasteiger charge is -2.14. The zero-order valence-electron chi connectivity index (χ0n) is 13.9. The van der Waals surface area contributed by atoms with E-state index in [1.54, 1.807) is 11.9 Å². The Morgan fingerprint density at radius 1 is 1.21 bits per heavy atom. The molecule has 0 N–H and O–H groups in total. The standard InChI is InChI=1S/C17H19N5O2/c1-12-6-4-5-7-15(12)17-18-20-22(19-17)11-16(23)21(3)10-14-9-8-13(2)24-14/h4-9H,10-11H2,1-3H3. The topological polar surface area (TPSA) is 77.1 Å². The second-order valence-electron chi connectivity index (χ2n) is 5.72. The Kier molecular flexibility index (Phi) is 4.41. The summed E-state index contributed by atoms with van der Waals surface area (Å²) < 4.78 is 5.49. The van der Waals surface area contributed by atoms with Crippen molar-refractivity contribution in [2.75, 3.05) is 7.05 Å². The number of likely N-dealkylation sites (N-methyl/N-ethyl adjacent to an activating group) is 1. The van der Waals surface area contributed by atoms with Gasteiger partial charge < -0.3 is 9.32 Å². The quantitative estimate of drug-likeness (QED) is 0.719. The van der Waals surface area contributed by atoms with Crippen molar-refractivity contribution in [2.24, 2.45) is 0 Å². The van der Waals surface area contributed by atoms with Crippen LogP contribution in [0.4, 0.5) is 0 Å². The predicted molar refractivity (Wildman–Crippen MR) is 87.9 cm³/mol. The molecule has 7 nitrogen and oxygen atoms in total. The minimum absolute atomic E-state index is 0.0368. The predicted octanol–water partition coefficient (Wildman–Crippen LogP) is 2.21. The summed E-state index contributed by atoms with van der Waals surface area (Å²) in [5, 5.41) is 12.3. The Hall–Kier alpha value is -2.96. The molecule has 0 atom stereocenters. The highest BCUT2D eigenvalue weighted by Gasteiger charge is 2.15. The number of rotatable bonds is 5. The Balaban J connectivity index is 1.66. The highest BCUT2D eigenvalue weighted by molar-refractivity contribution is 5.75. The van der Waals surface area contributed by atoms with E-state index >= 15 is 0 Å². The van der Waals surface area contributed by atoms with E-state index in [1.807, 2.05) is 50.2 Å². The van der Waals surface area contributed by atoms with E-state index < -0.39 is 0 Å². The second-order valence-corrected chi connectivity index (χ2v) is 5.72. The molecule has 1 amide bonds.